The van der Waals surface area contributed by atoms with Crippen LogP contribution < -0.4 is 5.73 Å². The highest BCUT2D eigenvalue weighted by Gasteiger charge is 2.42. The number of aliphatic hydroxyl groups is 1. The Bertz CT molecular complexity index is 1190. The fraction of sp³-hybridized carbons (Fsp3) is 0.381. The minimum absolute atomic E-state index is 0.0656. The molecule has 0 saturated heterocycles. The molecule has 1 heterocycles. The molecule has 4 N–H and O–H groups in total. The Balaban J connectivity index is 1.76. The van der Waals surface area contributed by atoms with Crippen LogP contribution in [0.5, 0.6) is 0 Å². The summed E-state index contributed by atoms with van der Waals surface area (Å²) in [5.74, 6) is -0.142. The van der Waals surface area contributed by atoms with Crippen molar-refractivity contribution in [3.8, 4) is 11.1 Å². The number of H-pyrrole nitrogens is 1. The Kier molecular flexibility index (Phi) is 4.86. The highest BCUT2D eigenvalue weighted by atomic mass is 32.2. The second-order valence-electron chi connectivity index (χ2n) is 7.84. The number of hydrogen-bond acceptors (Lipinski definition) is 5. The number of fused-ring (bicyclic) bond motifs is 1. The van der Waals surface area contributed by atoms with Gasteiger partial charge in [-0.3, -0.25) is 5.10 Å². The molecule has 1 aliphatic rings. The van der Waals surface area contributed by atoms with Crippen LogP contribution in [0.2, 0.25) is 0 Å². The summed E-state index contributed by atoms with van der Waals surface area (Å²) >= 11 is 0. The van der Waals surface area contributed by atoms with E-state index in [2.05, 4.69) is 10.2 Å². The molecule has 6 nitrogen and oxygen atoms in total. The van der Waals surface area contributed by atoms with Crippen LogP contribution in [-0.4, -0.2) is 41.8 Å². The van der Waals surface area contributed by atoms with Crippen molar-refractivity contribution in [2.75, 3.05) is 12.3 Å². The summed E-state index contributed by atoms with van der Waals surface area (Å²) < 4.78 is 40.0. The number of nitrogens with one attached hydrogen (secondary N) is 1. The summed E-state index contributed by atoms with van der Waals surface area (Å²) in [4.78, 5) is 0.165. The van der Waals surface area contributed by atoms with Gasteiger partial charge in [-0.25, -0.2) is 12.8 Å². The van der Waals surface area contributed by atoms with Gasteiger partial charge in [-0.1, -0.05) is 12.1 Å². The van der Waals surface area contributed by atoms with Gasteiger partial charge in [0.15, 0.2) is 15.7 Å². The van der Waals surface area contributed by atoms with E-state index in [0.29, 0.717) is 5.82 Å². The minimum atomic E-state index is -3.73. The normalized spacial score (nSPS) is 22.4. The van der Waals surface area contributed by atoms with Crippen LogP contribution >= 0.6 is 0 Å². The van der Waals surface area contributed by atoms with Crippen LogP contribution in [-0.2, 0) is 9.84 Å². The molecule has 3 atom stereocenters. The summed E-state index contributed by atoms with van der Waals surface area (Å²) in [7, 11) is -3.73. The van der Waals surface area contributed by atoms with Crippen LogP contribution in [0.1, 0.15) is 24.0 Å². The number of halogens is 1. The number of nitrogens with zero attached hydrogens (tertiary/aromatic N) is 1. The molecule has 0 spiro atoms. The average Bonchev–Trinajstić information content (AvgIpc) is 3.26. The fourth-order valence-corrected chi connectivity index (χ4v) is 6.60. The molecule has 3 aromatic rings. The zero-order valence-electron chi connectivity index (χ0n) is 16.3. The third-order valence-corrected chi connectivity index (χ3v) is 8.33. The number of aromatic nitrogens is 2. The van der Waals surface area contributed by atoms with Crippen molar-refractivity contribution in [2.24, 2.45) is 5.92 Å². The molecule has 1 aliphatic carbocycles. The lowest BCUT2D eigenvalue weighted by molar-refractivity contribution is 0.220. The standard InChI is InChI=1S/C21H24FN3O3S/c1-11-7-15(29(27,28)19-9-14(22)8-13(19)10-26)3-4-16(11)17-5-6-18-20(12(17)2)21(23)25-24-18/h3-7,13-14,19,26H,8-10H2,1-2H3,(H3,23,24,25)/t13-,14-,19?/m0/s1. The van der Waals surface area contributed by atoms with Crippen LogP contribution in [0.25, 0.3) is 22.0 Å². The van der Waals surface area contributed by atoms with Gasteiger partial charge in [-0.05, 0) is 67.1 Å². The first-order valence-corrected chi connectivity index (χ1v) is 11.1. The van der Waals surface area contributed by atoms with E-state index >= 15 is 0 Å². The maximum Gasteiger partial charge on any atom is 0.181 e. The van der Waals surface area contributed by atoms with Gasteiger partial charge in [-0.2, -0.15) is 5.10 Å². The Hall–Kier alpha value is -2.45. The monoisotopic (exact) mass is 417 g/mol. The number of rotatable bonds is 4. The maximum absolute atomic E-state index is 13.8. The number of nitrogen functional groups attached to an aromatic ring is 1. The second-order valence-corrected chi connectivity index (χ2v) is 10.0. The van der Waals surface area contributed by atoms with Crippen molar-refractivity contribution in [3.05, 3.63) is 41.5 Å². The molecule has 1 aromatic heterocycles. The first-order valence-electron chi connectivity index (χ1n) is 9.57. The van der Waals surface area contributed by atoms with Gasteiger partial charge in [-0.15, -0.1) is 0 Å². The van der Waals surface area contributed by atoms with Crippen molar-refractivity contribution in [1.29, 1.82) is 0 Å². The fourth-order valence-electron chi connectivity index (χ4n) is 4.49. The lowest BCUT2D eigenvalue weighted by Crippen LogP contribution is -2.27. The van der Waals surface area contributed by atoms with Gasteiger partial charge in [0, 0.05) is 17.9 Å². The zero-order chi connectivity index (χ0) is 20.9. The molecule has 0 radical (unpaired) electrons. The van der Waals surface area contributed by atoms with Crippen molar-refractivity contribution in [1.82, 2.24) is 10.2 Å². The van der Waals surface area contributed by atoms with Gasteiger partial charge in [0.1, 0.15) is 6.17 Å². The molecule has 0 amide bonds. The third-order valence-electron chi connectivity index (χ3n) is 6.04. The predicted octanol–water partition coefficient (Wildman–Crippen LogP) is 3.31. The lowest BCUT2D eigenvalue weighted by Gasteiger charge is -2.19. The van der Waals surface area contributed by atoms with E-state index in [1.54, 1.807) is 18.2 Å². The third kappa shape index (κ3) is 3.20. The Labute approximate surface area is 168 Å². The van der Waals surface area contributed by atoms with E-state index in [-0.39, 0.29) is 24.3 Å². The lowest BCUT2D eigenvalue weighted by atomic mass is 9.94. The van der Waals surface area contributed by atoms with Crippen LogP contribution in [0, 0.1) is 19.8 Å². The number of aryl methyl sites for hydroxylation is 2. The number of nitrogens with two attached hydrogens (primary N) is 1. The van der Waals surface area contributed by atoms with Crippen LogP contribution in [0.15, 0.2) is 35.2 Å². The van der Waals surface area contributed by atoms with E-state index in [4.69, 9.17) is 5.73 Å². The number of anilines is 1. The minimum Gasteiger partial charge on any atom is -0.396 e. The number of sulfone groups is 1. The first kappa shape index (κ1) is 19.8. The Morgan fingerprint density at radius 2 is 1.93 bits per heavy atom. The first-order chi connectivity index (χ1) is 13.7. The Morgan fingerprint density at radius 3 is 2.62 bits per heavy atom. The van der Waals surface area contributed by atoms with E-state index in [1.165, 1.54) is 0 Å². The second kappa shape index (κ2) is 7.11. The molecule has 154 valence electrons. The molecule has 0 bridgehead atoms. The summed E-state index contributed by atoms with van der Waals surface area (Å²) in [6, 6.07) is 8.84. The summed E-state index contributed by atoms with van der Waals surface area (Å²) in [6.45, 7) is 3.49. The highest BCUT2D eigenvalue weighted by molar-refractivity contribution is 7.92. The maximum atomic E-state index is 13.8. The molecular weight excluding hydrogens is 393 g/mol. The molecule has 2 aromatic carbocycles. The molecule has 8 heteroatoms. The van der Waals surface area contributed by atoms with Crippen molar-refractivity contribution < 1.29 is 17.9 Å². The molecule has 4 rings (SSSR count). The van der Waals surface area contributed by atoms with Crippen molar-refractivity contribution in [3.63, 3.8) is 0 Å². The number of aromatic amines is 1. The highest BCUT2D eigenvalue weighted by Crippen LogP contribution is 2.38. The summed E-state index contributed by atoms with van der Waals surface area (Å²) in [5.41, 5.74) is 10.4. The van der Waals surface area contributed by atoms with Gasteiger partial charge in [0.05, 0.1) is 15.7 Å². The molecule has 29 heavy (non-hydrogen) atoms. The van der Waals surface area contributed by atoms with Gasteiger partial charge in [0.2, 0.25) is 0 Å². The predicted molar refractivity (Wildman–Crippen MR) is 111 cm³/mol. The molecule has 0 aliphatic heterocycles. The number of aliphatic hydroxyl groups excluding tert-OH is 1. The average molecular weight is 418 g/mol. The SMILES string of the molecule is Cc1cc(S(=O)(=O)C2C[C@@H](F)C[C@H]2CO)ccc1-c1ccc2[nH]nc(N)c2c1C. The zero-order valence-corrected chi connectivity index (χ0v) is 17.1. The number of alkyl halides is 1. The van der Waals surface area contributed by atoms with Crippen molar-refractivity contribution >= 4 is 26.6 Å². The molecule has 1 saturated carbocycles. The van der Waals surface area contributed by atoms with E-state index < -0.39 is 27.2 Å². The topological polar surface area (TPSA) is 109 Å². The van der Waals surface area contributed by atoms with E-state index in [9.17, 15) is 17.9 Å². The van der Waals surface area contributed by atoms with Crippen molar-refractivity contribution in [2.45, 2.75) is 43.0 Å². The molecular formula is C21H24FN3O3S. The Morgan fingerprint density at radius 1 is 1.21 bits per heavy atom. The number of benzene rings is 2. The van der Waals surface area contributed by atoms with Gasteiger partial charge in [0.25, 0.3) is 0 Å². The quantitative estimate of drug-likeness (QED) is 0.603. The van der Waals surface area contributed by atoms with E-state index in [0.717, 1.165) is 33.2 Å². The summed E-state index contributed by atoms with van der Waals surface area (Å²) in [5, 5.41) is 16.4. The largest absolute Gasteiger partial charge is 0.396 e. The van der Waals surface area contributed by atoms with E-state index in [1.807, 2.05) is 26.0 Å². The van der Waals surface area contributed by atoms with Crippen LogP contribution in [0.4, 0.5) is 10.2 Å². The van der Waals surface area contributed by atoms with Crippen LogP contribution in [0.3, 0.4) is 0 Å². The smallest absolute Gasteiger partial charge is 0.181 e. The number of hydrogen-bond donors (Lipinski definition) is 3. The van der Waals surface area contributed by atoms with Gasteiger partial charge >= 0.3 is 0 Å². The molecule has 1 fully saturated rings. The summed E-state index contributed by atoms with van der Waals surface area (Å²) in [6.07, 6.45) is -1.17. The van der Waals surface area contributed by atoms with Gasteiger partial charge < -0.3 is 10.8 Å². The molecule has 1 unspecified atom stereocenters.